The molecule has 7 heteroatoms. The minimum Gasteiger partial charge on any atom is -0.378 e. The van der Waals surface area contributed by atoms with Crippen LogP contribution in [0.1, 0.15) is 51.1 Å². The Morgan fingerprint density at radius 1 is 1.16 bits per heavy atom. The second-order valence-corrected chi connectivity index (χ2v) is 9.60. The molecule has 6 nitrogen and oxygen atoms in total. The number of nitrogens with zero attached hydrogens (tertiary/aromatic N) is 4. The van der Waals surface area contributed by atoms with E-state index >= 15 is 0 Å². The number of morpholine rings is 1. The van der Waals surface area contributed by atoms with Gasteiger partial charge in [-0.2, -0.15) is 0 Å². The number of carbonyl (C=O) groups excluding carboxylic acids is 1. The number of fused-ring (bicyclic) bond motifs is 1. The second kappa shape index (κ2) is 8.20. The minimum absolute atomic E-state index is 0.0464. The first-order valence-electron chi connectivity index (χ1n) is 11.0. The molecule has 3 heterocycles. The summed E-state index contributed by atoms with van der Waals surface area (Å²) < 4.78 is 5.43. The molecular formula is C24H28N4O2S. The van der Waals surface area contributed by atoms with E-state index in [1.807, 2.05) is 20.9 Å². The summed E-state index contributed by atoms with van der Waals surface area (Å²) in [5.41, 5.74) is 4.32. The molecule has 1 amide bonds. The first kappa shape index (κ1) is 20.4. The molecule has 0 N–H and O–H groups in total. The Morgan fingerprint density at radius 3 is 2.55 bits per heavy atom. The average Bonchev–Trinajstić information content (AvgIpc) is 3.58. The standard InChI is InChI=1S/C24H28N4O2S/c1-15-20-16(2)25-22(18-6-7-18)26-23(20)31-21(15)24(29)27(3)14-17-4-8-19(9-5-17)28-10-12-30-13-11-28/h4-5,8-9,18H,6-7,10-14H2,1-3H3. The van der Waals surface area contributed by atoms with Crippen LogP contribution in [0.3, 0.4) is 0 Å². The largest absolute Gasteiger partial charge is 0.378 e. The zero-order chi connectivity index (χ0) is 21.5. The predicted molar refractivity (Wildman–Crippen MR) is 124 cm³/mol. The van der Waals surface area contributed by atoms with Crippen LogP contribution in [0.5, 0.6) is 0 Å². The third kappa shape index (κ3) is 4.04. The van der Waals surface area contributed by atoms with Gasteiger partial charge in [-0.1, -0.05) is 12.1 Å². The van der Waals surface area contributed by atoms with Crippen LogP contribution in [0, 0.1) is 13.8 Å². The lowest BCUT2D eigenvalue weighted by Gasteiger charge is -2.29. The van der Waals surface area contributed by atoms with Gasteiger partial charge in [0.05, 0.1) is 23.8 Å². The molecule has 0 spiro atoms. The summed E-state index contributed by atoms with van der Waals surface area (Å²) in [6, 6.07) is 8.51. The zero-order valence-corrected chi connectivity index (χ0v) is 19.2. The van der Waals surface area contributed by atoms with Crippen molar-refractivity contribution in [3.63, 3.8) is 0 Å². The van der Waals surface area contributed by atoms with E-state index in [9.17, 15) is 4.79 Å². The van der Waals surface area contributed by atoms with Crippen molar-refractivity contribution in [2.45, 2.75) is 39.2 Å². The molecule has 1 aliphatic heterocycles. The lowest BCUT2D eigenvalue weighted by molar-refractivity contribution is 0.0789. The van der Waals surface area contributed by atoms with Crippen LogP contribution in [-0.2, 0) is 11.3 Å². The molecule has 0 atom stereocenters. The van der Waals surface area contributed by atoms with Gasteiger partial charge in [-0.25, -0.2) is 9.97 Å². The number of aryl methyl sites for hydroxylation is 2. The lowest BCUT2D eigenvalue weighted by Crippen LogP contribution is -2.36. The molecule has 1 saturated carbocycles. The molecule has 5 rings (SSSR count). The number of aromatic nitrogens is 2. The summed E-state index contributed by atoms with van der Waals surface area (Å²) in [5.74, 6) is 1.50. The molecule has 1 saturated heterocycles. The van der Waals surface area contributed by atoms with E-state index in [0.717, 1.165) is 64.0 Å². The molecule has 2 aliphatic rings. The number of hydrogen-bond donors (Lipinski definition) is 0. The number of thiophene rings is 1. The van der Waals surface area contributed by atoms with Gasteiger partial charge in [0.15, 0.2) is 0 Å². The zero-order valence-electron chi connectivity index (χ0n) is 18.4. The smallest absolute Gasteiger partial charge is 0.264 e. The Labute approximate surface area is 186 Å². The van der Waals surface area contributed by atoms with Gasteiger partial charge >= 0.3 is 0 Å². The summed E-state index contributed by atoms with van der Waals surface area (Å²) in [6.07, 6.45) is 2.35. The number of benzene rings is 1. The Hall–Kier alpha value is -2.51. The highest BCUT2D eigenvalue weighted by Crippen LogP contribution is 2.40. The summed E-state index contributed by atoms with van der Waals surface area (Å²) >= 11 is 1.50. The van der Waals surface area contributed by atoms with Crippen molar-refractivity contribution in [3.05, 3.63) is 51.8 Å². The van der Waals surface area contributed by atoms with Crippen molar-refractivity contribution in [3.8, 4) is 0 Å². The third-order valence-corrected chi connectivity index (χ3v) is 7.38. The van der Waals surface area contributed by atoms with Crippen molar-refractivity contribution in [1.82, 2.24) is 14.9 Å². The highest BCUT2D eigenvalue weighted by atomic mass is 32.1. The van der Waals surface area contributed by atoms with Gasteiger partial charge in [-0.3, -0.25) is 4.79 Å². The Balaban J connectivity index is 1.33. The van der Waals surface area contributed by atoms with Crippen molar-refractivity contribution >= 4 is 33.1 Å². The molecule has 1 aliphatic carbocycles. The molecule has 0 unspecified atom stereocenters. The summed E-state index contributed by atoms with van der Waals surface area (Å²) in [6.45, 7) is 8.03. The molecule has 3 aromatic rings. The van der Waals surface area contributed by atoms with Crippen LogP contribution in [-0.4, -0.2) is 54.1 Å². The topological polar surface area (TPSA) is 58.6 Å². The number of carbonyl (C=O) groups is 1. The third-order valence-electron chi connectivity index (χ3n) is 6.20. The van der Waals surface area contributed by atoms with Crippen molar-refractivity contribution in [2.24, 2.45) is 0 Å². The van der Waals surface area contributed by atoms with E-state index in [1.165, 1.54) is 29.9 Å². The van der Waals surface area contributed by atoms with E-state index in [1.54, 1.807) is 4.90 Å². The van der Waals surface area contributed by atoms with E-state index < -0.39 is 0 Å². The normalized spacial score (nSPS) is 16.7. The average molecular weight is 437 g/mol. The maximum absolute atomic E-state index is 13.3. The van der Waals surface area contributed by atoms with Crippen LogP contribution in [0.25, 0.3) is 10.2 Å². The maximum atomic E-state index is 13.3. The Morgan fingerprint density at radius 2 is 1.87 bits per heavy atom. The molecular weight excluding hydrogens is 408 g/mol. The fraction of sp³-hybridized carbons (Fsp3) is 0.458. The van der Waals surface area contributed by atoms with Crippen LogP contribution in [0.15, 0.2) is 24.3 Å². The van der Waals surface area contributed by atoms with Crippen LogP contribution < -0.4 is 4.90 Å². The molecule has 31 heavy (non-hydrogen) atoms. The van der Waals surface area contributed by atoms with Gasteiger partial charge in [-0.05, 0) is 49.9 Å². The first-order valence-corrected chi connectivity index (χ1v) is 11.8. The van der Waals surface area contributed by atoms with Gasteiger partial charge in [0, 0.05) is 43.7 Å². The lowest BCUT2D eigenvalue weighted by atomic mass is 10.1. The van der Waals surface area contributed by atoms with Crippen LogP contribution in [0.2, 0.25) is 0 Å². The second-order valence-electron chi connectivity index (χ2n) is 8.60. The van der Waals surface area contributed by atoms with Crippen molar-refractivity contribution < 1.29 is 9.53 Å². The predicted octanol–water partition coefficient (Wildman–Crippen LogP) is 4.29. The highest BCUT2D eigenvalue weighted by molar-refractivity contribution is 7.20. The SMILES string of the molecule is Cc1nc(C2CC2)nc2sc(C(=O)N(C)Cc3ccc(N4CCOCC4)cc3)c(C)c12. The molecule has 2 fully saturated rings. The molecule has 0 radical (unpaired) electrons. The van der Waals surface area contributed by atoms with E-state index in [0.29, 0.717) is 12.5 Å². The number of rotatable bonds is 5. The summed E-state index contributed by atoms with van der Waals surface area (Å²) in [4.78, 5) is 28.6. The van der Waals surface area contributed by atoms with Crippen molar-refractivity contribution in [1.29, 1.82) is 0 Å². The van der Waals surface area contributed by atoms with Gasteiger partial charge in [0.25, 0.3) is 5.91 Å². The Kier molecular flexibility index (Phi) is 5.40. The number of anilines is 1. The van der Waals surface area contributed by atoms with Gasteiger partial charge in [0.1, 0.15) is 10.7 Å². The van der Waals surface area contributed by atoms with Gasteiger partial charge < -0.3 is 14.5 Å². The number of ether oxygens (including phenoxy) is 1. The number of hydrogen-bond acceptors (Lipinski definition) is 6. The summed E-state index contributed by atoms with van der Waals surface area (Å²) in [5, 5.41) is 1.04. The fourth-order valence-electron chi connectivity index (χ4n) is 4.24. The highest BCUT2D eigenvalue weighted by Gasteiger charge is 2.29. The monoisotopic (exact) mass is 436 g/mol. The first-order chi connectivity index (χ1) is 15.0. The van der Waals surface area contributed by atoms with E-state index in [2.05, 4.69) is 29.2 Å². The Bertz CT molecular complexity index is 1110. The number of amides is 1. The molecule has 0 bridgehead atoms. The van der Waals surface area contributed by atoms with Gasteiger partial charge in [-0.15, -0.1) is 11.3 Å². The quantitative estimate of drug-likeness (QED) is 0.597. The van der Waals surface area contributed by atoms with E-state index in [4.69, 9.17) is 14.7 Å². The maximum Gasteiger partial charge on any atom is 0.264 e. The van der Waals surface area contributed by atoms with Gasteiger partial charge in [0.2, 0.25) is 0 Å². The van der Waals surface area contributed by atoms with Crippen LogP contribution >= 0.6 is 11.3 Å². The fourth-order valence-corrected chi connectivity index (χ4v) is 5.47. The van der Waals surface area contributed by atoms with E-state index in [-0.39, 0.29) is 5.91 Å². The minimum atomic E-state index is 0.0464. The summed E-state index contributed by atoms with van der Waals surface area (Å²) in [7, 11) is 1.87. The molecule has 2 aromatic heterocycles. The van der Waals surface area contributed by atoms with Crippen molar-refractivity contribution in [2.75, 3.05) is 38.3 Å². The van der Waals surface area contributed by atoms with Crippen LogP contribution in [0.4, 0.5) is 5.69 Å². The molecule has 1 aromatic carbocycles. The molecule has 162 valence electrons.